The lowest BCUT2D eigenvalue weighted by molar-refractivity contribution is -0.137. The molecule has 1 aliphatic carbocycles. The number of hydrogen-bond acceptors (Lipinski definition) is 5. The number of carbonyl (C=O) groups is 2. The van der Waals surface area contributed by atoms with Crippen LogP contribution in [0.1, 0.15) is 73.6 Å². The molecule has 1 aromatic heterocycles. The SMILES string of the molecule is COc1cccc(CN2C(=O)Cc3c(C)nc([C@@H]4CCCN4C(=O)C4CCCCC4)nc32)c1. The highest BCUT2D eigenvalue weighted by Crippen LogP contribution is 2.37. The van der Waals surface area contributed by atoms with Gasteiger partial charge in [0.2, 0.25) is 11.8 Å². The quantitative estimate of drug-likeness (QED) is 0.688. The summed E-state index contributed by atoms with van der Waals surface area (Å²) in [5, 5.41) is 0. The van der Waals surface area contributed by atoms with Gasteiger partial charge in [-0.05, 0) is 50.3 Å². The van der Waals surface area contributed by atoms with E-state index in [4.69, 9.17) is 14.7 Å². The first kappa shape index (κ1) is 21.9. The van der Waals surface area contributed by atoms with Crippen molar-refractivity contribution >= 4 is 17.6 Å². The maximum Gasteiger partial charge on any atom is 0.233 e. The number of amides is 2. The molecular formula is C26H32N4O3. The van der Waals surface area contributed by atoms with Gasteiger partial charge >= 0.3 is 0 Å². The highest BCUT2D eigenvalue weighted by molar-refractivity contribution is 6.00. The van der Waals surface area contributed by atoms with Gasteiger partial charge in [-0.25, -0.2) is 9.97 Å². The van der Waals surface area contributed by atoms with Crippen molar-refractivity contribution in [2.24, 2.45) is 5.92 Å². The van der Waals surface area contributed by atoms with Gasteiger partial charge in [-0.15, -0.1) is 0 Å². The lowest BCUT2D eigenvalue weighted by atomic mass is 9.88. The first-order valence-corrected chi connectivity index (χ1v) is 12.2. The van der Waals surface area contributed by atoms with E-state index in [-0.39, 0.29) is 23.8 Å². The summed E-state index contributed by atoms with van der Waals surface area (Å²) in [5.74, 6) is 2.58. The molecule has 174 valence electrons. The molecule has 33 heavy (non-hydrogen) atoms. The summed E-state index contributed by atoms with van der Waals surface area (Å²) in [6, 6.07) is 7.66. The van der Waals surface area contributed by atoms with E-state index in [1.54, 1.807) is 12.0 Å². The molecule has 3 heterocycles. The summed E-state index contributed by atoms with van der Waals surface area (Å²) >= 11 is 0. The van der Waals surface area contributed by atoms with Crippen molar-refractivity contribution in [2.45, 2.75) is 70.9 Å². The average molecular weight is 449 g/mol. The molecule has 1 aromatic carbocycles. The number of methoxy groups -OCH3 is 1. The zero-order valence-electron chi connectivity index (χ0n) is 19.5. The number of benzene rings is 1. The van der Waals surface area contributed by atoms with Crippen LogP contribution in [-0.4, -0.2) is 40.3 Å². The summed E-state index contributed by atoms with van der Waals surface area (Å²) in [7, 11) is 1.64. The molecule has 0 bridgehead atoms. The lowest BCUT2D eigenvalue weighted by Crippen LogP contribution is -2.37. The van der Waals surface area contributed by atoms with Gasteiger partial charge in [0.25, 0.3) is 0 Å². The van der Waals surface area contributed by atoms with Crippen LogP contribution in [0.5, 0.6) is 5.75 Å². The van der Waals surface area contributed by atoms with Crippen LogP contribution in [0.15, 0.2) is 24.3 Å². The fourth-order valence-electron chi connectivity index (χ4n) is 5.55. The van der Waals surface area contributed by atoms with E-state index >= 15 is 0 Å². The monoisotopic (exact) mass is 448 g/mol. The molecule has 0 spiro atoms. The second-order valence-electron chi connectivity index (χ2n) is 9.50. The predicted molar refractivity (Wildman–Crippen MR) is 125 cm³/mol. The minimum Gasteiger partial charge on any atom is -0.497 e. The van der Waals surface area contributed by atoms with Crippen LogP contribution in [0.4, 0.5) is 5.82 Å². The van der Waals surface area contributed by atoms with Crippen molar-refractivity contribution in [3.8, 4) is 5.75 Å². The standard InChI is InChI=1S/C26H32N4O3/c1-17-21-15-23(31)30(16-18-8-6-11-20(14-18)33-2)25(21)28-24(27-17)22-12-7-13-29(22)26(32)19-9-4-3-5-10-19/h6,8,11,14,19,22H,3-5,7,9-10,12-13,15-16H2,1-2H3/t22-/m0/s1. The van der Waals surface area contributed by atoms with Gasteiger partial charge in [0, 0.05) is 23.7 Å². The van der Waals surface area contributed by atoms with Crippen LogP contribution in [0.25, 0.3) is 0 Å². The fourth-order valence-corrected chi connectivity index (χ4v) is 5.55. The Bertz CT molecular complexity index is 1060. The van der Waals surface area contributed by atoms with Crippen molar-refractivity contribution in [2.75, 3.05) is 18.6 Å². The largest absolute Gasteiger partial charge is 0.497 e. The Morgan fingerprint density at radius 1 is 1.12 bits per heavy atom. The number of nitrogens with zero attached hydrogens (tertiary/aromatic N) is 4. The molecule has 0 unspecified atom stereocenters. The molecular weight excluding hydrogens is 416 g/mol. The number of rotatable bonds is 5. The summed E-state index contributed by atoms with van der Waals surface area (Å²) < 4.78 is 5.34. The molecule has 1 saturated carbocycles. The van der Waals surface area contributed by atoms with Crippen molar-refractivity contribution in [1.82, 2.24) is 14.9 Å². The van der Waals surface area contributed by atoms with E-state index in [0.717, 1.165) is 67.6 Å². The summed E-state index contributed by atoms with van der Waals surface area (Å²) in [4.78, 5) is 39.7. The van der Waals surface area contributed by atoms with E-state index in [9.17, 15) is 9.59 Å². The lowest BCUT2D eigenvalue weighted by Gasteiger charge is -2.30. The van der Waals surface area contributed by atoms with Gasteiger partial charge in [0.15, 0.2) is 5.82 Å². The van der Waals surface area contributed by atoms with Gasteiger partial charge in [0.1, 0.15) is 11.6 Å². The topological polar surface area (TPSA) is 75.6 Å². The first-order chi connectivity index (χ1) is 16.0. The Balaban J connectivity index is 1.43. The number of aromatic nitrogens is 2. The maximum absolute atomic E-state index is 13.3. The predicted octanol–water partition coefficient (Wildman–Crippen LogP) is 4.13. The van der Waals surface area contributed by atoms with Gasteiger partial charge in [-0.3, -0.25) is 14.5 Å². The van der Waals surface area contributed by atoms with Crippen LogP contribution in [0.2, 0.25) is 0 Å². The van der Waals surface area contributed by atoms with Gasteiger partial charge in [0.05, 0.1) is 26.1 Å². The third-order valence-electron chi connectivity index (χ3n) is 7.36. The molecule has 1 atom stereocenters. The van der Waals surface area contributed by atoms with Gasteiger partial charge < -0.3 is 9.64 Å². The molecule has 7 heteroatoms. The third kappa shape index (κ3) is 4.21. The number of ether oxygens (including phenoxy) is 1. The molecule has 2 amide bonds. The highest BCUT2D eigenvalue weighted by atomic mass is 16.5. The van der Waals surface area contributed by atoms with Crippen LogP contribution < -0.4 is 9.64 Å². The van der Waals surface area contributed by atoms with E-state index in [2.05, 4.69) is 0 Å². The molecule has 0 N–H and O–H groups in total. The van der Waals surface area contributed by atoms with Crippen LogP contribution in [0.3, 0.4) is 0 Å². The van der Waals surface area contributed by atoms with Crippen molar-refractivity contribution < 1.29 is 14.3 Å². The minimum absolute atomic E-state index is 0.0314. The molecule has 2 aliphatic heterocycles. The first-order valence-electron chi connectivity index (χ1n) is 12.2. The Hall–Kier alpha value is -2.96. The molecule has 1 saturated heterocycles. The number of hydrogen-bond donors (Lipinski definition) is 0. The molecule has 3 aliphatic rings. The third-order valence-corrected chi connectivity index (χ3v) is 7.36. The molecule has 7 nitrogen and oxygen atoms in total. The fraction of sp³-hybridized carbons (Fsp3) is 0.538. The van der Waals surface area contributed by atoms with E-state index < -0.39 is 0 Å². The Kier molecular flexibility index (Phi) is 6.04. The number of likely N-dealkylation sites (tertiary alicyclic amines) is 1. The summed E-state index contributed by atoms with van der Waals surface area (Å²) in [6.45, 7) is 3.16. The molecule has 2 aromatic rings. The number of carbonyl (C=O) groups excluding carboxylic acids is 2. The van der Waals surface area contributed by atoms with E-state index in [0.29, 0.717) is 24.6 Å². The molecule has 2 fully saturated rings. The van der Waals surface area contributed by atoms with Crippen LogP contribution in [-0.2, 0) is 22.6 Å². The Morgan fingerprint density at radius 2 is 1.94 bits per heavy atom. The van der Waals surface area contributed by atoms with Crippen molar-refractivity contribution in [3.05, 3.63) is 46.9 Å². The van der Waals surface area contributed by atoms with E-state index in [1.807, 2.05) is 36.1 Å². The zero-order valence-corrected chi connectivity index (χ0v) is 19.5. The second-order valence-corrected chi connectivity index (χ2v) is 9.50. The minimum atomic E-state index is -0.0993. The van der Waals surface area contributed by atoms with Crippen LogP contribution in [0, 0.1) is 12.8 Å². The number of aryl methyl sites for hydroxylation is 1. The Morgan fingerprint density at radius 3 is 2.73 bits per heavy atom. The van der Waals surface area contributed by atoms with Gasteiger partial charge in [-0.1, -0.05) is 31.4 Å². The summed E-state index contributed by atoms with van der Waals surface area (Å²) in [5.41, 5.74) is 2.73. The smallest absolute Gasteiger partial charge is 0.233 e. The Labute approximate surface area is 195 Å². The number of anilines is 1. The highest BCUT2D eigenvalue weighted by Gasteiger charge is 2.38. The normalized spacial score (nSPS) is 20.9. The van der Waals surface area contributed by atoms with Crippen molar-refractivity contribution in [1.29, 1.82) is 0 Å². The molecule has 0 radical (unpaired) electrons. The van der Waals surface area contributed by atoms with E-state index in [1.165, 1.54) is 6.42 Å². The van der Waals surface area contributed by atoms with Gasteiger partial charge in [-0.2, -0.15) is 0 Å². The molecule has 5 rings (SSSR count). The zero-order chi connectivity index (χ0) is 22.9. The number of fused-ring (bicyclic) bond motifs is 1. The summed E-state index contributed by atoms with van der Waals surface area (Å²) in [6.07, 6.45) is 7.67. The second kappa shape index (κ2) is 9.12. The van der Waals surface area contributed by atoms with Crippen molar-refractivity contribution in [3.63, 3.8) is 0 Å². The van der Waals surface area contributed by atoms with Crippen LogP contribution >= 0.6 is 0 Å². The average Bonchev–Trinajstić information content (AvgIpc) is 3.45. The maximum atomic E-state index is 13.3.